The van der Waals surface area contributed by atoms with Crippen LogP contribution in [0, 0.1) is 5.82 Å². The summed E-state index contributed by atoms with van der Waals surface area (Å²) in [5, 5.41) is 15.0. The van der Waals surface area contributed by atoms with Crippen molar-refractivity contribution < 1.29 is 13.9 Å². The summed E-state index contributed by atoms with van der Waals surface area (Å²) in [5.41, 5.74) is 11.7. The minimum absolute atomic E-state index is 0.132. The molecule has 0 saturated carbocycles. The number of nitrogens with one attached hydrogen (secondary N) is 2. The standard InChI is InChI=1S/C27H21FN8O2/c1-38-21-7-6-17(28)12-18(21)27(37)32-13-15-2-4-16(5-3-15)23-22-25(34-35-26(22)29)19(14-31-23)24-20-8-9-33-36(20)11-10-30-24/h2-12,14H,13H2,1H3,(H,32,37)(H3,29,34,35). The zero-order valence-corrected chi connectivity index (χ0v) is 20.1. The number of H-pyrrole nitrogens is 1. The molecule has 1 amide bonds. The number of aromatic nitrogens is 6. The van der Waals surface area contributed by atoms with Gasteiger partial charge in [-0.15, -0.1) is 0 Å². The number of amides is 1. The zero-order chi connectivity index (χ0) is 26.2. The van der Waals surface area contributed by atoms with Crippen LogP contribution in [0.5, 0.6) is 5.75 Å². The largest absolute Gasteiger partial charge is 0.496 e. The predicted molar refractivity (Wildman–Crippen MR) is 140 cm³/mol. The van der Waals surface area contributed by atoms with Crippen molar-refractivity contribution in [3.63, 3.8) is 0 Å². The fourth-order valence-electron chi connectivity index (χ4n) is 4.43. The molecule has 2 aromatic carbocycles. The molecule has 0 aliphatic heterocycles. The number of anilines is 1. The van der Waals surface area contributed by atoms with Crippen molar-refractivity contribution in [2.45, 2.75) is 6.54 Å². The van der Waals surface area contributed by atoms with E-state index in [0.29, 0.717) is 28.3 Å². The molecule has 6 rings (SSSR count). The maximum atomic E-state index is 13.6. The van der Waals surface area contributed by atoms with Crippen molar-refractivity contribution >= 4 is 28.1 Å². The highest BCUT2D eigenvalue weighted by atomic mass is 19.1. The summed E-state index contributed by atoms with van der Waals surface area (Å²) < 4.78 is 20.5. The molecule has 0 aliphatic carbocycles. The molecule has 0 bridgehead atoms. The molecule has 38 heavy (non-hydrogen) atoms. The normalized spacial score (nSPS) is 11.2. The fourth-order valence-corrected chi connectivity index (χ4v) is 4.43. The summed E-state index contributed by atoms with van der Waals surface area (Å²) in [4.78, 5) is 21.9. The van der Waals surface area contributed by atoms with Gasteiger partial charge >= 0.3 is 0 Å². The second-order valence-corrected chi connectivity index (χ2v) is 8.54. The first kappa shape index (κ1) is 23.1. The average molecular weight is 509 g/mol. The minimum atomic E-state index is -0.513. The van der Waals surface area contributed by atoms with Crippen molar-refractivity contribution in [1.29, 1.82) is 0 Å². The van der Waals surface area contributed by atoms with Gasteiger partial charge in [0.05, 0.1) is 46.7 Å². The Hall–Kier alpha value is -5.32. The van der Waals surface area contributed by atoms with Gasteiger partial charge in [-0.3, -0.25) is 19.9 Å². The van der Waals surface area contributed by atoms with Crippen LogP contribution in [0.15, 0.2) is 73.3 Å². The molecular weight excluding hydrogens is 487 g/mol. The molecule has 4 N–H and O–H groups in total. The predicted octanol–water partition coefficient (Wildman–Crippen LogP) is 3.99. The number of benzene rings is 2. The Bertz CT molecular complexity index is 1810. The fraction of sp³-hybridized carbons (Fsp3) is 0.0741. The van der Waals surface area contributed by atoms with Crippen molar-refractivity contribution in [2.24, 2.45) is 0 Å². The first-order chi connectivity index (χ1) is 18.5. The summed E-state index contributed by atoms with van der Waals surface area (Å²) in [6.07, 6.45) is 6.90. The van der Waals surface area contributed by atoms with Crippen LogP contribution < -0.4 is 15.8 Å². The number of methoxy groups -OCH3 is 1. The van der Waals surface area contributed by atoms with E-state index in [2.05, 4.69) is 25.6 Å². The highest BCUT2D eigenvalue weighted by Crippen LogP contribution is 2.36. The van der Waals surface area contributed by atoms with E-state index >= 15 is 0 Å². The number of halogens is 1. The lowest BCUT2D eigenvalue weighted by molar-refractivity contribution is 0.0947. The summed E-state index contributed by atoms with van der Waals surface area (Å²) >= 11 is 0. The molecule has 0 atom stereocenters. The van der Waals surface area contributed by atoms with E-state index in [1.807, 2.05) is 30.3 Å². The number of carbonyl (C=O) groups excluding carboxylic acids is 1. The minimum Gasteiger partial charge on any atom is -0.496 e. The van der Waals surface area contributed by atoms with Crippen LogP contribution in [-0.2, 0) is 6.54 Å². The average Bonchev–Trinajstić information content (AvgIpc) is 3.59. The number of nitrogen functional groups attached to an aromatic ring is 1. The van der Waals surface area contributed by atoms with E-state index in [1.165, 1.54) is 19.2 Å². The SMILES string of the molecule is COc1ccc(F)cc1C(=O)NCc1ccc(-c2ncc(-c3nccn4nccc34)c3[nH]nc(N)c23)cc1. The van der Waals surface area contributed by atoms with Crippen LogP contribution in [0.3, 0.4) is 0 Å². The van der Waals surface area contributed by atoms with Crippen molar-refractivity contribution in [2.75, 3.05) is 12.8 Å². The Kier molecular flexibility index (Phi) is 5.64. The van der Waals surface area contributed by atoms with Gasteiger partial charge in [0, 0.05) is 36.3 Å². The molecule has 0 aliphatic rings. The first-order valence-corrected chi connectivity index (χ1v) is 11.7. The Morgan fingerprint density at radius 1 is 1.11 bits per heavy atom. The lowest BCUT2D eigenvalue weighted by atomic mass is 10.0. The number of hydrogen-bond acceptors (Lipinski definition) is 7. The van der Waals surface area contributed by atoms with Crippen LogP contribution in [0.25, 0.3) is 38.9 Å². The van der Waals surface area contributed by atoms with Crippen LogP contribution in [0.1, 0.15) is 15.9 Å². The Balaban J connectivity index is 1.28. The first-order valence-electron chi connectivity index (χ1n) is 11.7. The number of hydrogen-bond donors (Lipinski definition) is 3. The maximum absolute atomic E-state index is 13.6. The monoisotopic (exact) mass is 508 g/mol. The number of ether oxygens (including phenoxy) is 1. The lowest BCUT2D eigenvalue weighted by Crippen LogP contribution is -2.23. The van der Waals surface area contributed by atoms with Gasteiger partial charge in [-0.1, -0.05) is 24.3 Å². The van der Waals surface area contributed by atoms with E-state index in [-0.39, 0.29) is 12.1 Å². The van der Waals surface area contributed by atoms with Crippen LogP contribution in [0.4, 0.5) is 10.2 Å². The summed E-state index contributed by atoms with van der Waals surface area (Å²) in [6, 6.07) is 13.2. The van der Waals surface area contributed by atoms with Gasteiger partial charge in [0.2, 0.25) is 0 Å². The zero-order valence-electron chi connectivity index (χ0n) is 20.1. The third-order valence-electron chi connectivity index (χ3n) is 6.29. The number of fused-ring (bicyclic) bond motifs is 2. The molecule has 10 nitrogen and oxygen atoms in total. The summed E-state index contributed by atoms with van der Waals surface area (Å²) in [6.45, 7) is 0.245. The molecule has 0 unspecified atom stereocenters. The van der Waals surface area contributed by atoms with E-state index < -0.39 is 11.7 Å². The van der Waals surface area contributed by atoms with Gasteiger partial charge in [-0.2, -0.15) is 10.2 Å². The Morgan fingerprint density at radius 2 is 1.95 bits per heavy atom. The Morgan fingerprint density at radius 3 is 2.76 bits per heavy atom. The summed E-state index contributed by atoms with van der Waals surface area (Å²) in [5.74, 6) is -0.320. The second kappa shape index (κ2) is 9.28. The second-order valence-electron chi connectivity index (χ2n) is 8.54. The van der Waals surface area contributed by atoms with E-state index in [0.717, 1.165) is 33.8 Å². The quantitative estimate of drug-likeness (QED) is 0.309. The number of pyridine rings is 1. The van der Waals surface area contributed by atoms with Gasteiger partial charge in [0.1, 0.15) is 11.6 Å². The van der Waals surface area contributed by atoms with Crippen LogP contribution in [-0.4, -0.2) is 42.8 Å². The van der Waals surface area contributed by atoms with Crippen molar-refractivity contribution in [3.8, 4) is 28.3 Å². The smallest absolute Gasteiger partial charge is 0.255 e. The molecule has 0 fully saturated rings. The van der Waals surface area contributed by atoms with Gasteiger partial charge < -0.3 is 15.8 Å². The molecule has 0 radical (unpaired) electrons. The molecular formula is C27H21FN8O2. The van der Waals surface area contributed by atoms with E-state index in [4.69, 9.17) is 15.5 Å². The van der Waals surface area contributed by atoms with Gasteiger partial charge in [0.25, 0.3) is 5.91 Å². The van der Waals surface area contributed by atoms with E-state index in [1.54, 1.807) is 29.3 Å². The van der Waals surface area contributed by atoms with E-state index in [9.17, 15) is 9.18 Å². The summed E-state index contributed by atoms with van der Waals surface area (Å²) in [7, 11) is 1.43. The topological polar surface area (TPSA) is 136 Å². The molecule has 11 heteroatoms. The molecule has 188 valence electrons. The van der Waals surface area contributed by atoms with Crippen molar-refractivity contribution in [1.82, 2.24) is 35.1 Å². The molecule has 4 heterocycles. The molecule has 6 aromatic rings. The lowest BCUT2D eigenvalue weighted by Gasteiger charge is -2.11. The maximum Gasteiger partial charge on any atom is 0.255 e. The molecule has 4 aromatic heterocycles. The number of aromatic amines is 1. The number of rotatable bonds is 6. The highest BCUT2D eigenvalue weighted by Gasteiger charge is 2.19. The molecule has 0 saturated heterocycles. The van der Waals surface area contributed by atoms with Crippen LogP contribution >= 0.6 is 0 Å². The number of carbonyl (C=O) groups is 1. The van der Waals surface area contributed by atoms with Gasteiger partial charge in [0.15, 0.2) is 5.82 Å². The van der Waals surface area contributed by atoms with Gasteiger partial charge in [-0.05, 0) is 29.8 Å². The third kappa shape index (κ3) is 3.95. The van der Waals surface area contributed by atoms with Crippen molar-refractivity contribution in [3.05, 3.63) is 90.3 Å². The third-order valence-corrected chi connectivity index (χ3v) is 6.29. The highest BCUT2D eigenvalue weighted by molar-refractivity contribution is 6.07. The van der Waals surface area contributed by atoms with Crippen LogP contribution in [0.2, 0.25) is 0 Å². The molecule has 0 spiro atoms. The number of nitrogens with zero attached hydrogens (tertiary/aromatic N) is 5. The number of nitrogens with two attached hydrogens (primary N) is 1. The Labute approximate surface area is 215 Å². The van der Waals surface area contributed by atoms with Gasteiger partial charge in [-0.25, -0.2) is 8.91 Å².